The van der Waals surface area contributed by atoms with Crippen molar-refractivity contribution in [1.82, 2.24) is 9.80 Å². The Hall–Kier alpha value is -3.38. The summed E-state index contributed by atoms with van der Waals surface area (Å²) in [5.41, 5.74) is 3.25. The van der Waals surface area contributed by atoms with Crippen LogP contribution < -0.4 is 4.74 Å². The molecule has 0 bridgehead atoms. The van der Waals surface area contributed by atoms with Gasteiger partial charge in [0.2, 0.25) is 0 Å². The number of likely N-dealkylation sites (N-methyl/N-ethyl adjacent to an activating group) is 1. The average Bonchev–Trinajstić information content (AvgIpc) is 3.08. The lowest BCUT2D eigenvalue weighted by Gasteiger charge is -2.28. The van der Waals surface area contributed by atoms with Gasteiger partial charge in [0, 0.05) is 18.7 Å². The molecule has 6 heteroatoms. The number of carbonyl (C=O) groups is 2. The summed E-state index contributed by atoms with van der Waals surface area (Å²) >= 11 is 0. The van der Waals surface area contributed by atoms with Crippen molar-refractivity contribution in [2.75, 3.05) is 32.8 Å². The van der Waals surface area contributed by atoms with Gasteiger partial charge in [-0.05, 0) is 56.3 Å². The molecule has 0 spiro atoms. The number of ketones is 1. The molecule has 1 unspecified atom stereocenters. The van der Waals surface area contributed by atoms with Crippen LogP contribution in [0.1, 0.15) is 42.1 Å². The molecule has 1 N–H and O–H groups in total. The standard InChI is InChI=1S/C28H34N2O4/c1-6-17-34-22-13-14-23(20(5)18-22)26(31)24-25(21-11-9-19(4)10-12-21)30(28(33)27(24)32)16-15-29(7-2)8-3/h6,9-14,18,25,31H,1,7-8,15-17H2,2-5H3. The van der Waals surface area contributed by atoms with Crippen molar-refractivity contribution in [2.45, 2.75) is 33.7 Å². The predicted octanol–water partition coefficient (Wildman–Crippen LogP) is 4.63. The maximum absolute atomic E-state index is 13.2. The molecule has 1 aliphatic rings. The van der Waals surface area contributed by atoms with Gasteiger partial charge in [0.25, 0.3) is 11.7 Å². The number of Topliss-reactive ketones (excluding diaryl/α,β-unsaturated/α-hetero) is 1. The first-order valence-electron chi connectivity index (χ1n) is 11.7. The summed E-state index contributed by atoms with van der Waals surface area (Å²) in [7, 11) is 0. The van der Waals surface area contributed by atoms with E-state index in [1.165, 1.54) is 0 Å². The van der Waals surface area contributed by atoms with Crippen molar-refractivity contribution >= 4 is 17.4 Å². The topological polar surface area (TPSA) is 70.1 Å². The Bertz CT molecular complexity index is 1080. The third-order valence-corrected chi connectivity index (χ3v) is 6.31. The van der Waals surface area contributed by atoms with Crippen LogP contribution in [0.3, 0.4) is 0 Å². The highest BCUT2D eigenvalue weighted by atomic mass is 16.5. The summed E-state index contributed by atoms with van der Waals surface area (Å²) in [6, 6.07) is 12.4. The number of rotatable bonds is 10. The van der Waals surface area contributed by atoms with E-state index < -0.39 is 17.7 Å². The fourth-order valence-electron chi connectivity index (χ4n) is 4.29. The van der Waals surface area contributed by atoms with Crippen molar-refractivity contribution in [2.24, 2.45) is 0 Å². The van der Waals surface area contributed by atoms with Gasteiger partial charge in [-0.3, -0.25) is 9.59 Å². The minimum absolute atomic E-state index is 0.122. The summed E-state index contributed by atoms with van der Waals surface area (Å²) in [5.74, 6) is -0.761. The Labute approximate surface area is 202 Å². The van der Waals surface area contributed by atoms with Gasteiger partial charge in [-0.15, -0.1) is 0 Å². The molecule has 1 amide bonds. The highest BCUT2D eigenvalue weighted by Gasteiger charge is 2.46. The number of aliphatic hydroxyl groups excluding tert-OH is 1. The van der Waals surface area contributed by atoms with E-state index in [4.69, 9.17) is 4.74 Å². The molecule has 1 aliphatic heterocycles. The fraction of sp³-hybridized carbons (Fsp3) is 0.357. The molecular formula is C28H34N2O4. The van der Waals surface area contributed by atoms with Crippen LogP contribution in [0.25, 0.3) is 5.76 Å². The van der Waals surface area contributed by atoms with Crippen LogP contribution in [-0.2, 0) is 9.59 Å². The van der Waals surface area contributed by atoms with E-state index in [0.717, 1.165) is 29.8 Å². The maximum Gasteiger partial charge on any atom is 0.295 e. The molecule has 0 saturated carbocycles. The fourth-order valence-corrected chi connectivity index (χ4v) is 4.29. The number of benzene rings is 2. The van der Waals surface area contributed by atoms with Crippen LogP contribution in [-0.4, -0.2) is 59.4 Å². The molecular weight excluding hydrogens is 428 g/mol. The molecule has 1 atom stereocenters. The van der Waals surface area contributed by atoms with Crippen LogP contribution in [0.15, 0.2) is 60.7 Å². The zero-order valence-corrected chi connectivity index (χ0v) is 20.5. The molecule has 180 valence electrons. The van der Waals surface area contributed by atoms with Crippen molar-refractivity contribution in [3.63, 3.8) is 0 Å². The zero-order valence-electron chi connectivity index (χ0n) is 20.5. The zero-order chi connectivity index (χ0) is 24.8. The number of aliphatic hydroxyl groups is 1. The monoisotopic (exact) mass is 462 g/mol. The molecule has 1 heterocycles. The molecule has 3 rings (SSSR count). The third-order valence-electron chi connectivity index (χ3n) is 6.31. The highest BCUT2D eigenvalue weighted by molar-refractivity contribution is 6.46. The number of amides is 1. The first-order chi connectivity index (χ1) is 16.3. The summed E-state index contributed by atoms with van der Waals surface area (Å²) in [4.78, 5) is 30.2. The number of hydrogen-bond donors (Lipinski definition) is 1. The highest BCUT2D eigenvalue weighted by Crippen LogP contribution is 2.40. The molecule has 2 aromatic carbocycles. The van der Waals surface area contributed by atoms with Gasteiger partial charge in [-0.25, -0.2) is 0 Å². The number of nitrogens with zero attached hydrogens (tertiary/aromatic N) is 2. The van der Waals surface area contributed by atoms with E-state index in [1.807, 2.05) is 38.1 Å². The summed E-state index contributed by atoms with van der Waals surface area (Å²) < 4.78 is 5.58. The number of likely N-dealkylation sites (tertiary alicyclic amines) is 1. The van der Waals surface area contributed by atoms with Gasteiger partial charge in [0.1, 0.15) is 18.1 Å². The van der Waals surface area contributed by atoms with Crippen LogP contribution in [0, 0.1) is 13.8 Å². The first kappa shape index (κ1) is 25.2. The van der Waals surface area contributed by atoms with E-state index in [-0.39, 0.29) is 11.3 Å². The lowest BCUT2D eigenvalue weighted by molar-refractivity contribution is -0.140. The Morgan fingerprint density at radius 1 is 1.12 bits per heavy atom. The van der Waals surface area contributed by atoms with E-state index in [9.17, 15) is 14.7 Å². The Morgan fingerprint density at radius 2 is 1.79 bits per heavy atom. The summed E-state index contributed by atoms with van der Waals surface area (Å²) in [6.45, 7) is 14.7. The largest absolute Gasteiger partial charge is 0.507 e. The number of hydrogen-bond acceptors (Lipinski definition) is 5. The van der Waals surface area contributed by atoms with Gasteiger partial charge in [0.15, 0.2) is 0 Å². The first-order valence-corrected chi connectivity index (χ1v) is 11.7. The molecule has 0 aromatic heterocycles. The average molecular weight is 463 g/mol. The van der Waals surface area contributed by atoms with E-state index in [1.54, 1.807) is 29.2 Å². The normalized spacial score (nSPS) is 17.4. The van der Waals surface area contributed by atoms with Gasteiger partial charge in [0.05, 0.1) is 11.6 Å². The molecule has 1 fully saturated rings. The molecule has 2 aromatic rings. The van der Waals surface area contributed by atoms with Crippen LogP contribution in [0.2, 0.25) is 0 Å². The molecule has 1 saturated heterocycles. The Morgan fingerprint density at radius 3 is 2.38 bits per heavy atom. The number of carbonyl (C=O) groups excluding carboxylic acids is 2. The number of ether oxygens (including phenoxy) is 1. The van der Waals surface area contributed by atoms with Gasteiger partial charge in [-0.2, -0.15) is 0 Å². The maximum atomic E-state index is 13.2. The quantitative estimate of drug-likeness (QED) is 0.241. The van der Waals surface area contributed by atoms with Crippen molar-refractivity contribution in [3.05, 3.63) is 82.9 Å². The van der Waals surface area contributed by atoms with Gasteiger partial charge < -0.3 is 19.6 Å². The second-order valence-electron chi connectivity index (χ2n) is 8.51. The summed E-state index contributed by atoms with van der Waals surface area (Å²) in [6.07, 6.45) is 1.66. The molecule has 34 heavy (non-hydrogen) atoms. The second-order valence-corrected chi connectivity index (χ2v) is 8.51. The Balaban J connectivity index is 2.08. The Kier molecular flexibility index (Phi) is 8.29. The SMILES string of the molecule is C=CCOc1ccc(C(O)=C2C(=O)C(=O)N(CCN(CC)CC)C2c2ccc(C)cc2)c(C)c1. The second kappa shape index (κ2) is 11.2. The lowest BCUT2D eigenvalue weighted by Crippen LogP contribution is -2.38. The lowest BCUT2D eigenvalue weighted by atomic mass is 9.93. The summed E-state index contributed by atoms with van der Waals surface area (Å²) in [5, 5.41) is 11.3. The minimum atomic E-state index is -0.658. The number of aryl methyl sites for hydroxylation is 2. The van der Waals surface area contributed by atoms with E-state index in [2.05, 4.69) is 25.3 Å². The molecule has 0 radical (unpaired) electrons. The van der Waals surface area contributed by atoms with Gasteiger partial charge >= 0.3 is 0 Å². The van der Waals surface area contributed by atoms with Crippen LogP contribution >= 0.6 is 0 Å². The predicted molar refractivity (Wildman–Crippen MR) is 135 cm³/mol. The van der Waals surface area contributed by atoms with Crippen LogP contribution in [0.5, 0.6) is 5.75 Å². The third kappa shape index (κ3) is 5.23. The minimum Gasteiger partial charge on any atom is -0.507 e. The van der Waals surface area contributed by atoms with Crippen molar-refractivity contribution < 1.29 is 19.4 Å². The van der Waals surface area contributed by atoms with Crippen molar-refractivity contribution in [1.29, 1.82) is 0 Å². The molecule has 0 aliphatic carbocycles. The van der Waals surface area contributed by atoms with E-state index in [0.29, 0.717) is 31.0 Å². The molecule has 6 nitrogen and oxygen atoms in total. The van der Waals surface area contributed by atoms with Gasteiger partial charge in [-0.1, -0.05) is 56.3 Å². The van der Waals surface area contributed by atoms with Crippen molar-refractivity contribution in [3.8, 4) is 5.75 Å². The smallest absolute Gasteiger partial charge is 0.295 e. The van der Waals surface area contributed by atoms with E-state index >= 15 is 0 Å². The van der Waals surface area contributed by atoms with Crippen LogP contribution in [0.4, 0.5) is 0 Å².